The van der Waals surface area contributed by atoms with Gasteiger partial charge in [-0.15, -0.1) is 0 Å². The molecule has 0 aliphatic heterocycles. The minimum absolute atomic E-state index is 0.118. The highest BCUT2D eigenvalue weighted by Gasteiger charge is 2.35. The van der Waals surface area contributed by atoms with Gasteiger partial charge in [0.2, 0.25) is 0 Å². The first-order valence-electron chi connectivity index (χ1n) is 5.54. The van der Waals surface area contributed by atoms with Crippen molar-refractivity contribution >= 4 is 7.37 Å². The number of phenolic OH excluding ortho intramolecular Hbond substituents is 1. The quantitative estimate of drug-likeness (QED) is 0.795. The minimum atomic E-state index is -3.00. The first kappa shape index (κ1) is 11.7. The van der Waals surface area contributed by atoms with Gasteiger partial charge in [0.25, 0.3) is 0 Å². The molecule has 1 aromatic carbocycles. The lowest BCUT2D eigenvalue weighted by Gasteiger charge is -2.18. The second-order valence-electron chi connectivity index (χ2n) is 4.77. The summed E-state index contributed by atoms with van der Waals surface area (Å²) in [7, 11) is -3.00. The fourth-order valence-corrected chi connectivity index (χ4v) is 3.38. The summed E-state index contributed by atoms with van der Waals surface area (Å²) in [4.78, 5) is 9.49. The highest BCUT2D eigenvalue weighted by molar-refractivity contribution is 7.57. The van der Waals surface area contributed by atoms with Gasteiger partial charge in [0.15, 0.2) is 7.37 Å². The average Bonchev–Trinajstić information content (AvgIpc) is 2.96. The molecule has 3 nitrogen and oxygen atoms in total. The van der Waals surface area contributed by atoms with Crippen LogP contribution in [0.1, 0.15) is 24.3 Å². The van der Waals surface area contributed by atoms with Crippen molar-refractivity contribution in [3.63, 3.8) is 0 Å². The average molecular weight is 240 g/mol. The van der Waals surface area contributed by atoms with Crippen LogP contribution in [0.15, 0.2) is 24.3 Å². The van der Waals surface area contributed by atoms with Gasteiger partial charge in [0.05, 0.1) is 0 Å². The van der Waals surface area contributed by atoms with E-state index in [4.69, 9.17) is 0 Å². The maximum absolute atomic E-state index is 11.5. The maximum Gasteiger partial charge on any atom is 0.198 e. The largest absolute Gasteiger partial charge is 0.508 e. The fourth-order valence-electron chi connectivity index (χ4n) is 2.15. The molecule has 1 aliphatic rings. The minimum Gasteiger partial charge on any atom is -0.508 e. The van der Waals surface area contributed by atoms with E-state index in [0.717, 1.165) is 18.4 Å². The Bertz CT molecular complexity index is 420. The highest BCUT2D eigenvalue weighted by Crippen LogP contribution is 2.50. The van der Waals surface area contributed by atoms with Gasteiger partial charge in [-0.25, -0.2) is 0 Å². The first-order chi connectivity index (χ1) is 7.46. The maximum atomic E-state index is 11.5. The van der Waals surface area contributed by atoms with Gasteiger partial charge < -0.3 is 10.00 Å². The monoisotopic (exact) mass is 240 g/mol. The van der Waals surface area contributed by atoms with Crippen molar-refractivity contribution in [2.75, 3.05) is 12.8 Å². The Morgan fingerprint density at radius 1 is 1.50 bits per heavy atom. The summed E-state index contributed by atoms with van der Waals surface area (Å²) in [5, 5.41) is 9.43. The number of hydrogen-bond donors (Lipinski definition) is 2. The molecule has 0 radical (unpaired) electrons. The molecular weight excluding hydrogens is 223 g/mol. The summed E-state index contributed by atoms with van der Waals surface area (Å²) < 4.78 is 11.5. The summed E-state index contributed by atoms with van der Waals surface area (Å²) in [6.07, 6.45) is 2.57. The third-order valence-electron chi connectivity index (χ3n) is 3.02. The summed E-state index contributed by atoms with van der Waals surface area (Å²) in [6, 6.07) is 7.05. The Labute approximate surface area is 95.6 Å². The number of phenols is 1. The molecule has 2 N–H and O–H groups in total. The van der Waals surface area contributed by atoms with Crippen LogP contribution in [-0.4, -0.2) is 22.8 Å². The summed E-state index contributed by atoms with van der Waals surface area (Å²) in [5.41, 5.74) is 0.985. The molecule has 0 amide bonds. The molecule has 2 rings (SSSR count). The molecule has 0 heterocycles. The Kier molecular flexibility index (Phi) is 3.09. The molecule has 16 heavy (non-hydrogen) atoms. The van der Waals surface area contributed by atoms with Crippen LogP contribution in [0.2, 0.25) is 0 Å². The van der Waals surface area contributed by atoms with Gasteiger partial charge in [-0.2, -0.15) is 0 Å². The van der Waals surface area contributed by atoms with E-state index >= 15 is 0 Å². The second kappa shape index (κ2) is 4.23. The third kappa shape index (κ3) is 3.10. The van der Waals surface area contributed by atoms with Crippen LogP contribution in [0.5, 0.6) is 5.75 Å². The number of aromatic hydroxyl groups is 1. The van der Waals surface area contributed by atoms with Crippen LogP contribution in [0.3, 0.4) is 0 Å². The molecule has 0 aromatic heterocycles. The van der Waals surface area contributed by atoms with E-state index in [0.29, 0.717) is 12.1 Å². The van der Waals surface area contributed by atoms with Crippen molar-refractivity contribution < 1.29 is 14.6 Å². The Hall–Kier alpha value is -0.790. The van der Waals surface area contributed by atoms with Crippen molar-refractivity contribution in [2.24, 2.45) is 5.92 Å². The van der Waals surface area contributed by atoms with Crippen LogP contribution in [0.4, 0.5) is 0 Å². The SMILES string of the molecule is CP(=O)(O)C[C@H](c1cccc(O)c1)C1CC1. The van der Waals surface area contributed by atoms with E-state index in [-0.39, 0.29) is 11.7 Å². The molecule has 0 saturated heterocycles. The summed E-state index contributed by atoms with van der Waals surface area (Å²) >= 11 is 0. The summed E-state index contributed by atoms with van der Waals surface area (Å²) in [5.74, 6) is 0.863. The van der Waals surface area contributed by atoms with E-state index in [1.54, 1.807) is 18.2 Å². The van der Waals surface area contributed by atoms with E-state index in [1.807, 2.05) is 6.07 Å². The van der Waals surface area contributed by atoms with E-state index < -0.39 is 7.37 Å². The van der Waals surface area contributed by atoms with E-state index in [1.165, 1.54) is 6.66 Å². The van der Waals surface area contributed by atoms with Crippen LogP contribution in [-0.2, 0) is 4.57 Å². The van der Waals surface area contributed by atoms with Crippen LogP contribution >= 0.6 is 7.37 Å². The van der Waals surface area contributed by atoms with Gasteiger partial charge in [-0.3, -0.25) is 4.57 Å². The van der Waals surface area contributed by atoms with E-state index in [9.17, 15) is 14.6 Å². The second-order valence-corrected chi connectivity index (χ2v) is 7.24. The molecule has 2 atom stereocenters. The number of hydrogen-bond acceptors (Lipinski definition) is 2. The van der Waals surface area contributed by atoms with Gasteiger partial charge >= 0.3 is 0 Å². The van der Waals surface area contributed by atoms with Gasteiger partial charge in [0.1, 0.15) is 5.75 Å². The highest BCUT2D eigenvalue weighted by atomic mass is 31.2. The molecule has 1 saturated carbocycles. The molecule has 1 aromatic rings. The standard InChI is InChI=1S/C12H17O3P/c1-16(14,15)8-12(9-5-6-9)10-3-2-4-11(13)7-10/h2-4,7,9,12-13H,5-6,8H2,1H3,(H,14,15)/t12-/m0/s1. The van der Waals surface area contributed by atoms with Crippen molar-refractivity contribution in [1.29, 1.82) is 0 Å². The fraction of sp³-hybridized carbons (Fsp3) is 0.500. The zero-order chi connectivity index (χ0) is 11.8. The molecule has 1 aliphatic carbocycles. The third-order valence-corrected chi connectivity index (χ3v) is 4.10. The zero-order valence-electron chi connectivity index (χ0n) is 9.34. The lowest BCUT2D eigenvalue weighted by atomic mass is 9.96. The first-order valence-corrected chi connectivity index (χ1v) is 7.83. The topological polar surface area (TPSA) is 57.5 Å². The Morgan fingerprint density at radius 3 is 2.69 bits per heavy atom. The molecule has 1 fully saturated rings. The van der Waals surface area contributed by atoms with Crippen LogP contribution in [0.25, 0.3) is 0 Å². The smallest absolute Gasteiger partial charge is 0.198 e. The predicted octanol–water partition coefficient (Wildman–Crippen LogP) is 2.79. The molecule has 4 heteroatoms. The van der Waals surface area contributed by atoms with Crippen LogP contribution in [0, 0.1) is 5.92 Å². The molecule has 88 valence electrons. The lowest BCUT2D eigenvalue weighted by molar-refractivity contribution is 0.467. The van der Waals surface area contributed by atoms with Gasteiger partial charge in [0, 0.05) is 12.8 Å². The van der Waals surface area contributed by atoms with Crippen LogP contribution < -0.4 is 0 Å². The van der Waals surface area contributed by atoms with Crippen molar-refractivity contribution in [2.45, 2.75) is 18.8 Å². The van der Waals surface area contributed by atoms with E-state index in [2.05, 4.69) is 0 Å². The molecule has 1 unspecified atom stereocenters. The van der Waals surface area contributed by atoms with Crippen molar-refractivity contribution in [3.8, 4) is 5.75 Å². The number of rotatable bonds is 4. The Morgan fingerprint density at radius 2 is 2.19 bits per heavy atom. The van der Waals surface area contributed by atoms with Gasteiger partial charge in [-0.1, -0.05) is 12.1 Å². The number of benzene rings is 1. The van der Waals surface area contributed by atoms with Crippen molar-refractivity contribution in [1.82, 2.24) is 0 Å². The van der Waals surface area contributed by atoms with Gasteiger partial charge in [-0.05, 0) is 42.4 Å². The predicted molar refractivity (Wildman–Crippen MR) is 64.2 cm³/mol. The molecular formula is C12H17O3P. The molecule has 0 spiro atoms. The normalized spacial score (nSPS) is 21.4. The zero-order valence-corrected chi connectivity index (χ0v) is 10.2. The molecule has 0 bridgehead atoms. The Balaban J connectivity index is 2.22. The van der Waals surface area contributed by atoms with Crippen molar-refractivity contribution in [3.05, 3.63) is 29.8 Å². The lowest BCUT2D eigenvalue weighted by Crippen LogP contribution is -2.07. The summed E-state index contributed by atoms with van der Waals surface area (Å²) in [6.45, 7) is 1.41.